The highest BCUT2D eigenvalue weighted by Gasteiger charge is 2.29. The maximum absolute atomic E-state index is 13.8. The summed E-state index contributed by atoms with van der Waals surface area (Å²) in [4.78, 5) is 30.2. The number of rotatable bonds is 10. The number of sulfone groups is 1. The van der Waals surface area contributed by atoms with Gasteiger partial charge < -0.3 is 4.90 Å². The molecule has 0 spiro atoms. The SMILES string of the molecule is CC(=O)N(c1ccc(S(=O)(=O)CC2CC2)cc1)c1cccc(C(=O)N(Cc2ccccc2)Cc2ccccc2)c1. The zero-order chi connectivity index (χ0) is 28.1. The largest absolute Gasteiger partial charge is 0.330 e. The van der Waals surface area contributed by atoms with E-state index in [1.54, 1.807) is 53.4 Å². The first-order valence-electron chi connectivity index (χ1n) is 13.4. The van der Waals surface area contributed by atoms with Crippen molar-refractivity contribution in [2.75, 3.05) is 10.7 Å². The lowest BCUT2D eigenvalue weighted by atomic mass is 10.1. The third-order valence-corrected chi connectivity index (χ3v) is 8.89. The van der Waals surface area contributed by atoms with Crippen LogP contribution >= 0.6 is 0 Å². The third kappa shape index (κ3) is 6.66. The normalized spacial score (nSPS) is 13.0. The van der Waals surface area contributed by atoms with Gasteiger partial charge in [0.25, 0.3) is 5.91 Å². The zero-order valence-electron chi connectivity index (χ0n) is 22.4. The van der Waals surface area contributed by atoms with Gasteiger partial charge in [-0.25, -0.2) is 8.42 Å². The van der Waals surface area contributed by atoms with Gasteiger partial charge in [0.05, 0.1) is 10.6 Å². The smallest absolute Gasteiger partial charge is 0.254 e. The first kappa shape index (κ1) is 27.3. The second-order valence-electron chi connectivity index (χ2n) is 10.3. The summed E-state index contributed by atoms with van der Waals surface area (Å²) >= 11 is 0. The van der Waals surface area contributed by atoms with Crippen molar-refractivity contribution in [1.82, 2.24) is 4.90 Å². The monoisotopic (exact) mass is 552 g/mol. The van der Waals surface area contributed by atoms with Gasteiger partial charge in [-0.2, -0.15) is 0 Å². The summed E-state index contributed by atoms with van der Waals surface area (Å²) in [5, 5.41) is 0. The number of hydrogen-bond acceptors (Lipinski definition) is 4. The summed E-state index contributed by atoms with van der Waals surface area (Å²) in [6.07, 6.45) is 1.91. The fourth-order valence-electron chi connectivity index (χ4n) is 4.77. The minimum Gasteiger partial charge on any atom is -0.330 e. The van der Waals surface area contributed by atoms with E-state index < -0.39 is 9.84 Å². The summed E-state index contributed by atoms with van der Waals surface area (Å²) in [7, 11) is -3.36. The average molecular weight is 553 g/mol. The number of carbonyl (C=O) groups is 2. The summed E-state index contributed by atoms with van der Waals surface area (Å²) in [6, 6.07) is 33.1. The Kier molecular flexibility index (Phi) is 8.12. The van der Waals surface area contributed by atoms with Crippen molar-refractivity contribution in [3.05, 3.63) is 126 Å². The molecule has 2 amide bonds. The van der Waals surface area contributed by atoms with Crippen LogP contribution in [0.25, 0.3) is 0 Å². The maximum Gasteiger partial charge on any atom is 0.254 e. The van der Waals surface area contributed by atoms with E-state index >= 15 is 0 Å². The predicted octanol–water partition coefficient (Wildman–Crippen LogP) is 6.40. The highest BCUT2D eigenvalue weighted by molar-refractivity contribution is 7.91. The second kappa shape index (κ2) is 11.9. The van der Waals surface area contributed by atoms with E-state index in [0.717, 1.165) is 24.0 Å². The van der Waals surface area contributed by atoms with Gasteiger partial charge in [-0.15, -0.1) is 0 Å². The Morgan fingerprint density at radius 3 is 1.82 bits per heavy atom. The predicted molar refractivity (Wildman–Crippen MR) is 157 cm³/mol. The lowest BCUT2D eigenvalue weighted by Crippen LogP contribution is -2.30. The molecule has 5 rings (SSSR count). The van der Waals surface area contributed by atoms with Crippen molar-refractivity contribution in [2.45, 2.75) is 37.8 Å². The summed E-state index contributed by atoms with van der Waals surface area (Å²) < 4.78 is 25.4. The average Bonchev–Trinajstić information content (AvgIpc) is 3.77. The molecule has 0 heterocycles. The Hall–Kier alpha value is -4.23. The third-order valence-electron chi connectivity index (χ3n) is 6.99. The highest BCUT2D eigenvalue weighted by atomic mass is 32.2. The first-order chi connectivity index (χ1) is 19.3. The van der Waals surface area contributed by atoms with E-state index in [-0.39, 0.29) is 28.4 Å². The fraction of sp³-hybridized carbons (Fsp3) is 0.212. The molecule has 40 heavy (non-hydrogen) atoms. The molecule has 1 saturated carbocycles. The molecule has 0 aliphatic heterocycles. The molecule has 204 valence electrons. The summed E-state index contributed by atoms with van der Waals surface area (Å²) in [5.74, 6) is 0.0141. The Bertz CT molecular complexity index is 1540. The number of benzene rings is 4. The van der Waals surface area contributed by atoms with Crippen LogP contribution in [0.3, 0.4) is 0 Å². The molecular formula is C33H32N2O4S. The van der Waals surface area contributed by atoms with Crippen molar-refractivity contribution in [3.63, 3.8) is 0 Å². The van der Waals surface area contributed by atoms with E-state index in [0.29, 0.717) is 30.0 Å². The molecule has 0 aromatic heterocycles. The minimum absolute atomic E-state index is 0.153. The summed E-state index contributed by atoms with van der Waals surface area (Å²) in [5.41, 5.74) is 3.56. The molecule has 0 radical (unpaired) electrons. The van der Waals surface area contributed by atoms with Crippen LogP contribution in [0.1, 0.15) is 41.3 Å². The van der Waals surface area contributed by atoms with Gasteiger partial charge in [0, 0.05) is 37.0 Å². The van der Waals surface area contributed by atoms with Crippen LogP contribution in [0, 0.1) is 5.92 Å². The molecule has 0 bridgehead atoms. The van der Waals surface area contributed by atoms with Crippen LogP contribution in [0.15, 0.2) is 114 Å². The van der Waals surface area contributed by atoms with Crippen LogP contribution in [-0.4, -0.2) is 30.9 Å². The Morgan fingerprint density at radius 2 is 1.30 bits per heavy atom. The molecule has 0 unspecified atom stereocenters. The Balaban J connectivity index is 1.42. The Labute approximate surface area is 235 Å². The van der Waals surface area contributed by atoms with E-state index in [1.165, 1.54) is 11.8 Å². The molecule has 1 aliphatic carbocycles. The quantitative estimate of drug-likeness (QED) is 0.228. The van der Waals surface area contributed by atoms with Gasteiger partial charge in [0.1, 0.15) is 0 Å². The molecular weight excluding hydrogens is 520 g/mol. The van der Waals surface area contributed by atoms with E-state index in [9.17, 15) is 18.0 Å². The first-order valence-corrected chi connectivity index (χ1v) is 15.1. The molecule has 7 heteroatoms. The van der Waals surface area contributed by atoms with E-state index in [1.807, 2.05) is 60.7 Å². The topological polar surface area (TPSA) is 74.8 Å². The van der Waals surface area contributed by atoms with Gasteiger partial charge in [-0.3, -0.25) is 14.5 Å². The van der Waals surface area contributed by atoms with Gasteiger partial charge >= 0.3 is 0 Å². The molecule has 6 nitrogen and oxygen atoms in total. The Morgan fingerprint density at radius 1 is 0.725 bits per heavy atom. The van der Waals surface area contributed by atoms with Crippen LogP contribution < -0.4 is 4.90 Å². The number of nitrogens with zero attached hydrogens (tertiary/aromatic N) is 2. The lowest BCUT2D eigenvalue weighted by molar-refractivity contribution is -0.115. The maximum atomic E-state index is 13.8. The van der Waals surface area contributed by atoms with Crippen molar-refractivity contribution in [1.29, 1.82) is 0 Å². The van der Waals surface area contributed by atoms with Gasteiger partial charge in [-0.1, -0.05) is 66.7 Å². The standard InChI is InChI=1S/C33H32N2O4S/c1-25(36)35(30-17-19-32(20-18-30)40(38,39)24-28-15-16-28)31-14-8-13-29(21-31)33(37)34(22-26-9-4-2-5-10-26)23-27-11-6-3-7-12-27/h2-14,17-21,28H,15-16,22-24H2,1H3. The van der Waals surface area contributed by atoms with Crippen LogP contribution in [0.4, 0.5) is 11.4 Å². The van der Waals surface area contributed by atoms with Gasteiger partial charge in [0.2, 0.25) is 5.91 Å². The highest BCUT2D eigenvalue weighted by Crippen LogP contribution is 2.33. The van der Waals surface area contributed by atoms with Gasteiger partial charge in [0.15, 0.2) is 9.84 Å². The van der Waals surface area contributed by atoms with E-state index in [4.69, 9.17) is 0 Å². The summed E-state index contributed by atoms with van der Waals surface area (Å²) in [6.45, 7) is 2.32. The zero-order valence-corrected chi connectivity index (χ0v) is 23.3. The molecule has 4 aromatic rings. The fourth-order valence-corrected chi connectivity index (χ4v) is 6.47. The van der Waals surface area contributed by atoms with Crippen LogP contribution in [0.5, 0.6) is 0 Å². The lowest BCUT2D eigenvalue weighted by Gasteiger charge is -2.25. The minimum atomic E-state index is -3.36. The van der Waals surface area contributed by atoms with Gasteiger partial charge in [-0.05, 0) is 72.4 Å². The number of amides is 2. The van der Waals surface area contributed by atoms with Crippen molar-refractivity contribution < 1.29 is 18.0 Å². The number of carbonyl (C=O) groups excluding carboxylic acids is 2. The molecule has 4 aromatic carbocycles. The van der Waals surface area contributed by atoms with Crippen LogP contribution in [0.2, 0.25) is 0 Å². The number of hydrogen-bond donors (Lipinski definition) is 0. The van der Waals surface area contributed by atoms with Crippen molar-refractivity contribution in [3.8, 4) is 0 Å². The van der Waals surface area contributed by atoms with Crippen molar-refractivity contribution >= 4 is 33.0 Å². The second-order valence-corrected chi connectivity index (χ2v) is 12.3. The number of anilines is 2. The molecule has 0 saturated heterocycles. The molecule has 1 aliphatic rings. The van der Waals surface area contributed by atoms with Crippen molar-refractivity contribution in [2.24, 2.45) is 5.92 Å². The molecule has 1 fully saturated rings. The van der Waals surface area contributed by atoms with Crippen LogP contribution in [-0.2, 0) is 27.7 Å². The molecule has 0 N–H and O–H groups in total. The van der Waals surface area contributed by atoms with E-state index in [2.05, 4.69) is 0 Å². The molecule has 0 atom stereocenters.